The van der Waals surface area contributed by atoms with Gasteiger partial charge in [-0.1, -0.05) is 313 Å². The highest BCUT2D eigenvalue weighted by Crippen LogP contribution is 2.16. The highest BCUT2D eigenvalue weighted by atomic mass is 16.6. The van der Waals surface area contributed by atoms with Gasteiger partial charge in [0.1, 0.15) is 6.61 Å². The lowest BCUT2D eigenvalue weighted by Gasteiger charge is -2.15. The Morgan fingerprint density at radius 3 is 0.793 bits per heavy atom. The van der Waals surface area contributed by atoms with Crippen molar-refractivity contribution in [1.29, 1.82) is 0 Å². The third-order valence-corrected chi connectivity index (χ3v) is 14.3. The molecule has 82 heavy (non-hydrogen) atoms. The standard InChI is InChI=1S/C77H126O5/c1-3-5-7-9-11-13-15-17-19-21-23-25-27-29-31-32-33-34-35-36-37-38-39-40-41-42-43-44-46-48-50-52-54-56-58-60-62-64-66-68-70-72-77(80)82-75(73-78)74-81-76(79)71-69-67-65-63-61-59-57-55-53-51-49-47-45-30-28-26-24-22-20-18-16-14-12-10-8-6-4-2/h5,7,11,13,16-19,22-25,28-31,33-34,36-37,39-40,42-43,46,48,75,78H,3-4,6,8-10,12,14-15,20-21,26-27,32,35,38,41,44-45,47,49-74H2,1-2H3/b7-5-,13-11-,18-16-,19-17-,24-22-,25-23-,30-28-,31-29-,34-33-,37-36-,40-39-,43-42-,48-46-. The van der Waals surface area contributed by atoms with Crippen molar-refractivity contribution in [3.63, 3.8) is 0 Å². The van der Waals surface area contributed by atoms with E-state index in [0.717, 1.165) is 116 Å². The molecule has 0 saturated carbocycles. The van der Waals surface area contributed by atoms with E-state index in [4.69, 9.17) is 9.47 Å². The summed E-state index contributed by atoms with van der Waals surface area (Å²) < 4.78 is 10.7. The largest absolute Gasteiger partial charge is 0.462 e. The fourth-order valence-corrected chi connectivity index (χ4v) is 9.24. The van der Waals surface area contributed by atoms with E-state index in [9.17, 15) is 14.7 Å². The molecule has 0 fully saturated rings. The van der Waals surface area contributed by atoms with Gasteiger partial charge in [0.2, 0.25) is 0 Å². The number of hydrogen-bond donors (Lipinski definition) is 1. The Balaban J connectivity index is 3.56. The Labute approximate surface area is 507 Å². The molecule has 0 aromatic rings. The molecule has 0 radical (unpaired) electrons. The van der Waals surface area contributed by atoms with E-state index in [0.29, 0.717) is 12.8 Å². The Morgan fingerprint density at radius 2 is 0.524 bits per heavy atom. The van der Waals surface area contributed by atoms with Gasteiger partial charge in [0.25, 0.3) is 0 Å². The molecule has 5 nitrogen and oxygen atoms in total. The van der Waals surface area contributed by atoms with Crippen LogP contribution in [0.2, 0.25) is 0 Å². The predicted molar refractivity (Wildman–Crippen MR) is 361 cm³/mol. The van der Waals surface area contributed by atoms with Crippen LogP contribution < -0.4 is 0 Å². The van der Waals surface area contributed by atoms with E-state index >= 15 is 0 Å². The normalized spacial score (nSPS) is 13.3. The minimum atomic E-state index is -0.787. The Hall–Kier alpha value is -4.48. The van der Waals surface area contributed by atoms with Crippen molar-refractivity contribution in [2.45, 2.75) is 302 Å². The second-order valence-corrected chi connectivity index (χ2v) is 22.2. The molecule has 464 valence electrons. The van der Waals surface area contributed by atoms with Gasteiger partial charge in [0, 0.05) is 12.8 Å². The first kappa shape index (κ1) is 77.5. The third-order valence-electron chi connectivity index (χ3n) is 14.3. The van der Waals surface area contributed by atoms with Crippen LogP contribution in [0.25, 0.3) is 0 Å². The summed E-state index contributed by atoms with van der Waals surface area (Å²) in [6.07, 6.45) is 108. The van der Waals surface area contributed by atoms with Crippen molar-refractivity contribution in [1.82, 2.24) is 0 Å². The van der Waals surface area contributed by atoms with Crippen molar-refractivity contribution in [2.75, 3.05) is 13.2 Å². The van der Waals surface area contributed by atoms with Gasteiger partial charge < -0.3 is 14.6 Å². The van der Waals surface area contributed by atoms with Crippen molar-refractivity contribution in [3.8, 4) is 0 Å². The van der Waals surface area contributed by atoms with Gasteiger partial charge in [0.05, 0.1) is 6.61 Å². The van der Waals surface area contributed by atoms with E-state index in [1.54, 1.807) is 0 Å². The molecule has 1 atom stereocenters. The highest BCUT2D eigenvalue weighted by Gasteiger charge is 2.16. The van der Waals surface area contributed by atoms with Crippen LogP contribution in [-0.4, -0.2) is 36.4 Å². The zero-order valence-electron chi connectivity index (χ0n) is 53.2. The Kier molecular flexibility index (Phi) is 66.9. The summed E-state index contributed by atoms with van der Waals surface area (Å²) in [4.78, 5) is 24.6. The van der Waals surface area contributed by atoms with Gasteiger partial charge in [-0.3, -0.25) is 9.59 Å². The molecule has 0 amide bonds. The molecule has 1 unspecified atom stereocenters. The third kappa shape index (κ3) is 68.0. The number of unbranched alkanes of at least 4 members (excludes halogenated alkanes) is 27. The van der Waals surface area contributed by atoms with E-state index in [-0.39, 0.29) is 25.2 Å². The van der Waals surface area contributed by atoms with E-state index in [1.807, 2.05) is 0 Å². The molecule has 5 heteroatoms. The summed E-state index contributed by atoms with van der Waals surface area (Å²) in [6.45, 7) is 4.02. The minimum absolute atomic E-state index is 0.0755. The fourth-order valence-electron chi connectivity index (χ4n) is 9.24. The summed E-state index contributed by atoms with van der Waals surface area (Å²) in [5.41, 5.74) is 0. The molecule has 0 saturated heterocycles. The molecule has 0 rings (SSSR count). The van der Waals surface area contributed by atoms with Crippen molar-refractivity contribution >= 4 is 11.9 Å². The monoisotopic (exact) mass is 1130 g/mol. The molecule has 0 aromatic heterocycles. The van der Waals surface area contributed by atoms with Gasteiger partial charge in [-0.15, -0.1) is 0 Å². The van der Waals surface area contributed by atoms with Crippen LogP contribution in [0.5, 0.6) is 0 Å². The van der Waals surface area contributed by atoms with Crippen LogP contribution in [0.3, 0.4) is 0 Å². The molecular formula is C77H126O5. The number of allylic oxidation sites excluding steroid dienone is 26. The number of carbonyl (C=O) groups is 2. The Morgan fingerprint density at radius 1 is 0.293 bits per heavy atom. The second-order valence-electron chi connectivity index (χ2n) is 22.2. The van der Waals surface area contributed by atoms with Gasteiger partial charge in [-0.2, -0.15) is 0 Å². The molecule has 0 aliphatic carbocycles. The van der Waals surface area contributed by atoms with E-state index in [2.05, 4.69) is 172 Å². The SMILES string of the molecule is CC/C=C\C/C=C\C/C=C\C/C=C\C/C=C\C/C=C\C/C=C\C/C=C\C/C=C\C/C=C\CCCCCCCCCCCCC(=O)OC(CO)COC(=O)CCCCCCCCCCCCCC/C=C\C/C=C\C/C=C\CCCCCCC. The van der Waals surface area contributed by atoms with E-state index < -0.39 is 6.10 Å². The molecule has 0 aliphatic rings. The number of aliphatic hydroxyl groups is 1. The summed E-state index contributed by atoms with van der Waals surface area (Å²) in [5, 5.41) is 9.70. The maximum absolute atomic E-state index is 12.4. The average Bonchev–Trinajstić information content (AvgIpc) is 3.49. The van der Waals surface area contributed by atoms with Gasteiger partial charge in [-0.25, -0.2) is 0 Å². The average molecular weight is 1130 g/mol. The van der Waals surface area contributed by atoms with Crippen LogP contribution in [0.15, 0.2) is 158 Å². The molecular weight excluding hydrogens is 1000 g/mol. The molecule has 0 aliphatic heterocycles. The smallest absolute Gasteiger partial charge is 0.306 e. The summed E-state index contributed by atoms with van der Waals surface area (Å²) in [6, 6.07) is 0. The number of ether oxygens (including phenoxy) is 2. The number of carbonyl (C=O) groups excluding carboxylic acids is 2. The first-order valence-corrected chi connectivity index (χ1v) is 34.0. The maximum atomic E-state index is 12.4. The zero-order valence-corrected chi connectivity index (χ0v) is 53.2. The van der Waals surface area contributed by atoms with Crippen LogP contribution >= 0.6 is 0 Å². The number of rotatable bonds is 61. The fraction of sp³-hybridized carbons (Fsp3) is 0.636. The van der Waals surface area contributed by atoms with Crippen LogP contribution in [0.1, 0.15) is 296 Å². The van der Waals surface area contributed by atoms with Gasteiger partial charge >= 0.3 is 11.9 Å². The summed E-state index contributed by atoms with van der Waals surface area (Å²) >= 11 is 0. The van der Waals surface area contributed by atoms with Crippen LogP contribution in [0, 0.1) is 0 Å². The van der Waals surface area contributed by atoms with Crippen molar-refractivity contribution in [2.24, 2.45) is 0 Å². The first-order valence-electron chi connectivity index (χ1n) is 34.0. The molecule has 1 N–H and O–H groups in total. The second kappa shape index (κ2) is 70.8. The van der Waals surface area contributed by atoms with Crippen LogP contribution in [-0.2, 0) is 19.1 Å². The molecule has 0 heterocycles. The first-order chi connectivity index (χ1) is 40.6. The lowest BCUT2D eigenvalue weighted by molar-refractivity contribution is -0.161. The molecule has 0 aromatic carbocycles. The number of aliphatic hydroxyl groups excluding tert-OH is 1. The van der Waals surface area contributed by atoms with Crippen molar-refractivity contribution in [3.05, 3.63) is 158 Å². The summed E-state index contributed by atoms with van der Waals surface area (Å²) in [7, 11) is 0. The predicted octanol–water partition coefficient (Wildman–Crippen LogP) is 23.9. The zero-order chi connectivity index (χ0) is 59.1. The van der Waals surface area contributed by atoms with Crippen molar-refractivity contribution < 1.29 is 24.2 Å². The van der Waals surface area contributed by atoms with Gasteiger partial charge in [-0.05, 0) is 128 Å². The lowest BCUT2D eigenvalue weighted by atomic mass is 10.0. The van der Waals surface area contributed by atoms with Crippen LogP contribution in [0.4, 0.5) is 0 Å². The topological polar surface area (TPSA) is 72.8 Å². The van der Waals surface area contributed by atoms with E-state index in [1.165, 1.54) is 154 Å². The minimum Gasteiger partial charge on any atom is -0.462 e. The molecule has 0 bridgehead atoms. The number of esters is 2. The summed E-state index contributed by atoms with van der Waals surface area (Å²) in [5.74, 6) is -0.600. The highest BCUT2D eigenvalue weighted by molar-refractivity contribution is 5.70. The van der Waals surface area contributed by atoms with Gasteiger partial charge in [0.15, 0.2) is 6.10 Å². The number of hydrogen-bond acceptors (Lipinski definition) is 5. The maximum Gasteiger partial charge on any atom is 0.306 e. The Bertz CT molecular complexity index is 1760. The quantitative estimate of drug-likeness (QED) is 0.0373. The molecule has 0 spiro atoms. The lowest BCUT2D eigenvalue weighted by Crippen LogP contribution is -2.28.